The lowest BCUT2D eigenvalue weighted by molar-refractivity contribution is -0.120. The SMILES string of the molecule is N#CCC(=O)NCCCc1cc(F)cc(F)c1. The summed E-state index contributed by atoms with van der Waals surface area (Å²) < 4.78 is 25.6. The fourth-order valence-corrected chi connectivity index (χ4v) is 1.41. The van der Waals surface area contributed by atoms with Crippen LogP contribution in [0.5, 0.6) is 0 Å². The summed E-state index contributed by atoms with van der Waals surface area (Å²) in [6.45, 7) is 0.388. The molecule has 0 aliphatic carbocycles. The first-order valence-electron chi connectivity index (χ1n) is 5.20. The van der Waals surface area contributed by atoms with Crippen LogP contribution in [0.25, 0.3) is 0 Å². The number of benzene rings is 1. The van der Waals surface area contributed by atoms with Gasteiger partial charge in [-0.3, -0.25) is 4.79 Å². The van der Waals surface area contributed by atoms with Crippen LogP contribution in [0.4, 0.5) is 8.78 Å². The minimum Gasteiger partial charge on any atom is -0.355 e. The third-order valence-corrected chi connectivity index (χ3v) is 2.13. The Bertz CT molecular complexity index is 420. The molecule has 0 heterocycles. The van der Waals surface area contributed by atoms with Crippen LogP contribution in [0.1, 0.15) is 18.4 Å². The molecular formula is C12H12F2N2O. The molecule has 0 spiro atoms. The molecule has 0 bridgehead atoms. The van der Waals surface area contributed by atoms with Crippen molar-refractivity contribution in [2.24, 2.45) is 0 Å². The minimum atomic E-state index is -0.603. The third-order valence-electron chi connectivity index (χ3n) is 2.13. The van der Waals surface area contributed by atoms with Gasteiger partial charge >= 0.3 is 0 Å². The lowest BCUT2D eigenvalue weighted by atomic mass is 10.1. The zero-order valence-corrected chi connectivity index (χ0v) is 9.17. The molecule has 1 amide bonds. The second-order valence-corrected chi connectivity index (χ2v) is 3.57. The summed E-state index contributed by atoms with van der Waals surface area (Å²) in [4.78, 5) is 10.9. The number of hydrogen-bond acceptors (Lipinski definition) is 2. The Morgan fingerprint density at radius 1 is 1.29 bits per heavy atom. The van der Waals surface area contributed by atoms with Gasteiger partial charge in [0.15, 0.2) is 0 Å². The maximum Gasteiger partial charge on any atom is 0.234 e. The highest BCUT2D eigenvalue weighted by atomic mass is 19.1. The molecule has 0 aliphatic rings. The summed E-state index contributed by atoms with van der Waals surface area (Å²) in [6.07, 6.45) is 0.871. The van der Waals surface area contributed by atoms with Gasteiger partial charge in [0.1, 0.15) is 18.1 Å². The molecule has 0 saturated carbocycles. The lowest BCUT2D eigenvalue weighted by Gasteiger charge is -2.03. The van der Waals surface area contributed by atoms with Gasteiger partial charge in [-0.2, -0.15) is 5.26 Å². The number of carbonyl (C=O) groups is 1. The number of nitrogens with zero attached hydrogens (tertiary/aromatic N) is 1. The Kier molecular flexibility index (Phi) is 5.08. The van der Waals surface area contributed by atoms with E-state index in [1.165, 1.54) is 12.1 Å². The zero-order chi connectivity index (χ0) is 12.7. The predicted octanol–water partition coefficient (Wildman–Crippen LogP) is 1.93. The van der Waals surface area contributed by atoms with E-state index in [9.17, 15) is 13.6 Å². The van der Waals surface area contributed by atoms with Gasteiger partial charge in [0, 0.05) is 12.6 Å². The molecule has 1 aromatic rings. The van der Waals surface area contributed by atoms with Crippen molar-refractivity contribution in [1.29, 1.82) is 5.26 Å². The molecular weight excluding hydrogens is 226 g/mol. The van der Waals surface area contributed by atoms with Gasteiger partial charge in [-0.25, -0.2) is 8.78 Å². The molecule has 0 radical (unpaired) electrons. The first-order valence-corrected chi connectivity index (χ1v) is 5.20. The Balaban J connectivity index is 2.31. The summed E-state index contributed by atoms with van der Waals surface area (Å²) in [5.74, 6) is -1.54. The van der Waals surface area contributed by atoms with Crippen LogP contribution in [-0.4, -0.2) is 12.5 Å². The average molecular weight is 238 g/mol. The molecule has 0 aromatic heterocycles. The van der Waals surface area contributed by atoms with Crippen molar-refractivity contribution in [2.45, 2.75) is 19.3 Å². The van der Waals surface area contributed by atoms with Gasteiger partial charge in [-0.15, -0.1) is 0 Å². The summed E-state index contributed by atoms with van der Waals surface area (Å²) in [6, 6.07) is 5.08. The maximum atomic E-state index is 12.8. The van der Waals surface area contributed by atoms with Crippen molar-refractivity contribution in [3.8, 4) is 6.07 Å². The lowest BCUT2D eigenvalue weighted by Crippen LogP contribution is -2.23. The van der Waals surface area contributed by atoms with Crippen LogP contribution >= 0.6 is 0 Å². The normalized spacial score (nSPS) is 9.71. The number of halogens is 2. The molecule has 1 rings (SSSR count). The molecule has 0 atom stereocenters. The standard InChI is InChI=1S/C12H12F2N2O/c13-10-6-9(7-11(14)8-10)2-1-5-16-12(17)3-4-15/h6-8H,1-3,5H2,(H,16,17). The summed E-state index contributed by atoms with van der Waals surface area (Å²) in [5, 5.41) is 10.8. The number of nitriles is 1. The van der Waals surface area contributed by atoms with Crippen LogP contribution in [0.15, 0.2) is 18.2 Å². The highest BCUT2D eigenvalue weighted by Gasteiger charge is 2.02. The van der Waals surface area contributed by atoms with Gasteiger partial charge in [-0.05, 0) is 30.5 Å². The Morgan fingerprint density at radius 3 is 2.53 bits per heavy atom. The Hall–Kier alpha value is -1.96. The minimum absolute atomic E-state index is 0.172. The van der Waals surface area contributed by atoms with E-state index in [0.717, 1.165) is 6.07 Å². The number of amides is 1. The van der Waals surface area contributed by atoms with Crippen LogP contribution < -0.4 is 5.32 Å². The van der Waals surface area contributed by atoms with Crippen LogP contribution in [0, 0.1) is 23.0 Å². The molecule has 1 aromatic carbocycles. The number of nitrogens with one attached hydrogen (secondary N) is 1. The van der Waals surface area contributed by atoms with Crippen molar-refractivity contribution in [3.63, 3.8) is 0 Å². The number of aryl methyl sites for hydroxylation is 1. The van der Waals surface area contributed by atoms with Gasteiger partial charge in [0.25, 0.3) is 0 Å². The van der Waals surface area contributed by atoms with Crippen molar-refractivity contribution >= 4 is 5.91 Å². The van der Waals surface area contributed by atoms with E-state index in [2.05, 4.69) is 5.32 Å². The van der Waals surface area contributed by atoms with E-state index in [1.54, 1.807) is 6.07 Å². The van der Waals surface area contributed by atoms with Crippen molar-refractivity contribution in [3.05, 3.63) is 35.4 Å². The molecule has 3 nitrogen and oxygen atoms in total. The monoisotopic (exact) mass is 238 g/mol. The summed E-state index contributed by atoms with van der Waals surface area (Å²) in [5.41, 5.74) is 0.553. The van der Waals surface area contributed by atoms with E-state index < -0.39 is 11.6 Å². The van der Waals surface area contributed by atoms with E-state index >= 15 is 0 Å². The quantitative estimate of drug-likeness (QED) is 0.797. The zero-order valence-electron chi connectivity index (χ0n) is 9.17. The Morgan fingerprint density at radius 2 is 1.94 bits per heavy atom. The van der Waals surface area contributed by atoms with Gasteiger partial charge in [-0.1, -0.05) is 0 Å². The van der Waals surface area contributed by atoms with Crippen LogP contribution in [0.2, 0.25) is 0 Å². The van der Waals surface area contributed by atoms with Gasteiger partial charge < -0.3 is 5.32 Å². The van der Waals surface area contributed by atoms with E-state index in [4.69, 9.17) is 5.26 Å². The second kappa shape index (κ2) is 6.59. The second-order valence-electron chi connectivity index (χ2n) is 3.57. The Labute approximate surface area is 98.1 Å². The number of carbonyl (C=O) groups excluding carboxylic acids is 1. The molecule has 0 fully saturated rings. The fourth-order valence-electron chi connectivity index (χ4n) is 1.41. The fraction of sp³-hybridized carbons (Fsp3) is 0.333. The molecule has 0 saturated heterocycles. The molecule has 17 heavy (non-hydrogen) atoms. The maximum absolute atomic E-state index is 12.8. The summed E-state index contributed by atoms with van der Waals surface area (Å²) >= 11 is 0. The largest absolute Gasteiger partial charge is 0.355 e. The van der Waals surface area contributed by atoms with E-state index in [1.807, 2.05) is 0 Å². The molecule has 0 unspecified atom stereocenters. The highest BCUT2D eigenvalue weighted by molar-refractivity contribution is 5.77. The average Bonchev–Trinajstić information content (AvgIpc) is 2.23. The van der Waals surface area contributed by atoms with Crippen molar-refractivity contribution in [2.75, 3.05) is 6.54 Å². The van der Waals surface area contributed by atoms with Crippen molar-refractivity contribution < 1.29 is 13.6 Å². The van der Waals surface area contributed by atoms with Gasteiger partial charge in [0.2, 0.25) is 5.91 Å². The smallest absolute Gasteiger partial charge is 0.234 e. The molecule has 1 N–H and O–H groups in total. The number of hydrogen-bond donors (Lipinski definition) is 1. The van der Waals surface area contributed by atoms with E-state index in [0.29, 0.717) is 24.9 Å². The molecule has 90 valence electrons. The first kappa shape index (κ1) is 13.1. The first-order chi connectivity index (χ1) is 8.11. The van der Waals surface area contributed by atoms with E-state index in [-0.39, 0.29) is 12.3 Å². The number of rotatable bonds is 5. The highest BCUT2D eigenvalue weighted by Crippen LogP contribution is 2.09. The summed E-state index contributed by atoms with van der Waals surface area (Å²) in [7, 11) is 0. The van der Waals surface area contributed by atoms with Crippen molar-refractivity contribution in [1.82, 2.24) is 5.32 Å². The predicted molar refractivity (Wildman–Crippen MR) is 57.9 cm³/mol. The van der Waals surface area contributed by atoms with Crippen LogP contribution in [0.3, 0.4) is 0 Å². The topological polar surface area (TPSA) is 52.9 Å². The third kappa shape index (κ3) is 5.07. The molecule has 5 heteroatoms. The van der Waals surface area contributed by atoms with Crippen LogP contribution in [-0.2, 0) is 11.2 Å². The molecule has 0 aliphatic heterocycles. The van der Waals surface area contributed by atoms with Gasteiger partial charge in [0.05, 0.1) is 6.07 Å².